The Kier molecular flexibility index (Phi) is 6.07. The van der Waals surface area contributed by atoms with Crippen LogP contribution in [0.2, 0.25) is 0 Å². The third kappa shape index (κ3) is 6.75. The number of benzene rings is 2. The molecule has 0 spiro atoms. The minimum absolute atomic E-state index is 0.0351. The number of alkyl halides is 3. The van der Waals surface area contributed by atoms with Gasteiger partial charge < -0.3 is 10.1 Å². The molecule has 136 valence electrons. The van der Waals surface area contributed by atoms with Gasteiger partial charge in [0.25, 0.3) is 0 Å². The zero-order chi connectivity index (χ0) is 18.5. The molecule has 0 aliphatic heterocycles. The van der Waals surface area contributed by atoms with Crippen molar-refractivity contribution >= 4 is 9.84 Å². The lowest BCUT2D eigenvalue weighted by atomic mass is 10.2. The maximum absolute atomic E-state index is 12.7. The number of hydrogen-bond acceptors (Lipinski definition) is 4. The molecule has 25 heavy (non-hydrogen) atoms. The summed E-state index contributed by atoms with van der Waals surface area (Å²) in [6, 6.07) is 11.5. The Labute approximate surface area is 144 Å². The molecule has 0 aliphatic rings. The van der Waals surface area contributed by atoms with Gasteiger partial charge in [0.2, 0.25) is 0 Å². The number of hydrogen-bond donors (Lipinski definition) is 1. The van der Waals surface area contributed by atoms with Crippen LogP contribution >= 0.6 is 0 Å². The number of sulfone groups is 1. The second-order valence-corrected chi connectivity index (χ2v) is 7.84. The SMILES string of the molecule is CS(=O)(=O)CCNCc1cccc(Oc2cccc(C(F)(F)F)c2)c1. The number of halogens is 3. The summed E-state index contributed by atoms with van der Waals surface area (Å²) in [4.78, 5) is 0. The van der Waals surface area contributed by atoms with Crippen LogP contribution in [-0.2, 0) is 22.6 Å². The molecule has 4 nitrogen and oxygen atoms in total. The average molecular weight is 373 g/mol. The zero-order valence-electron chi connectivity index (χ0n) is 13.5. The van der Waals surface area contributed by atoms with Crippen molar-refractivity contribution in [3.05, 3.63) is 59.7 Å². The predicted octanol–water partition coefficient (Wildman–Crippen LogP) is 3.63. The van der Waals surface area contributed by atoms with Crippen molar-refractivity contribution < 1.29 is 26.3 Å². The Bertz CT molecular complexity index is 820. The summed E-state index contributed by atoms with van der Waals surface area (Å²) in [5.74, 6) is 0.534. The standard InChI is InChI=1S/C17H18F3NO3S/c1-25(22,23)9-8-21-12-13-4-2-6-15(10-13)24-16-7-3-5-14(11-16)17(18,19)20/h2-7,10-11,21H,8-9,12H2,1H3. The van der Waals surface area contributed by atoms with Gasteiger partial charge >= 0.3 is 6.18 Å². The van der Waals surface area contributed by atoms with Gasteiger partial charge in [-0.1, -0.05) is 18.2 Å². The summed E-state index contributed by atoms with van der Waals surface area (Å²) >= 11 is 0. The van der Waals surface area contributed by atoms with Crippen molar-refractivity contribution in [3.63, 3.8) is 0 Å². The predicted molar refractivity (Wildman–Crippen MR) is 89.4 cm³/mol. The highest BCUT2D eigenvalue weighted by atomic mass is 32.2. The van der Waals surface area contributed by atoms with E-state index in [0.29, 0.717) is 18.8 Å². The molecule has 0 saturated heterocycles. The van der Waals surface area contributed by atoms with E-state index < -0.39 is 21.6 Å². The first-order chi connectivity index (χ1) is 11.6. The van der Waals surface area contributed by atoms with E-state index in [1.165, 1.54) is 12.1 Å². The number of rotatable bonds is 7. The molecular formula is C17H18F3NO3S. The first-order valence-corrected chi connectivity index (χ1v) is 9.52. The molecule has 0 aromatic heterocycles. The Morgan fingerprint density at radius 1 is 1.04 bits per heavy atom. The van der Waals surface area contributed by atoms with Gasteiger partial charge in [-0.3, -0.25) is 0 Å². The lowest BCUT2D eigenvalue weighted by Gasteiger charge is -2.11. The quantitative estimate of drug-likeness (QED) is 0.753. The van der Waals surface area contributed by atoms with Crippen LogP contribution in [0.15, 0.2) is 48.5 Å². The molecule has 2 aromatic carbocycles. The number of ether oxygens (including phenoxy) is 1. The molecule has 0 aliphatic carbocycles. The van der Waals surface area contributed by atoms with Crippen LogP contribution in [0.1, 0.15) is 11.1 Å². The molecule has 0 heterocycles. The van der Waals surface area contributed by atoms with Crippen molar-refractivity contribution in [1.82, 2.24) is 5.32 Å². The first kappa shape index (κ1) is 19.3. The zero-order valence-corrected chi connectivity index (χ0v) is 14.3. The molecule has 0 saturated carbocycles. The Morgan fingerprint density at radius 2 is 1.68 bits per heavy atom. The third-order valence-corrected chi connectivity index (χ3v) is 4.22. The molecule has 0 amide bonds. The average Bonchev–Trinajstić information content (AvgIpc) is 2.51. The summed E-state index contributed by atoms with van der Waals surface area (Å²) < 4.78 is 65.8. The molecule has 0 bridgehead atoms. The van der Waals surface area contributed by atoms with E-state index in [1.54, 1.807) is 18.2 Å². The maximum Gasteiger partial charge on any atom is 0.416 e. The Hall–Kier alpha value is -2.06. The fraction of sp³-hybridized carbons (Fsp3) is 0.294. The van der Waals surface area contributed by atoms with Gasteiger partial charge in [-0.15, -0.1) is 0 Å². The van der Waals surface area contributed by atoms with Crippen LogP contribution < -0.4 is 10.1 Å². The molecular weight excluding hydrogens is 355 g/mol. The van der Waals surface area contributed by atoms with E-state index in [4.69, 9.17) is 4.74 Å². The summed E-state index contributed by atoms with van der Waals surface area (Å²) in [7, 11) is -3.02. The van der Waals surface area contributed by atoms with E-state index >= 15 is 0 Å². The van der Waals surface area contributed by atoms with Crippen molar-refractivity contribution in [3.8, 4) is 11.5 Å². The number of nitrogens with one attached hydrogen (secondary N) is 1. The molecule has 2 aromatic rings. The van der Waals surface area contributed by atoms with Gasteiger partial charge in [0, 0.05) is 19.3 Å². The van der Waals surface area contributed by atoms with Gasteiger partial charge in [-0.25, -0.2) is 8.42 Å². The normalized spacial score (nSPS) is 12.2. The second-order valence-electron chi connectivity index (χ2n) is 5.58. The van der Waals surface area contributed by atoms with Crippen molar-refractivity contribution in [2.75, 3.05) is 18.6 Å². The molecule has 1 N–H and O–H groups in total. The van der Waals surface area contributed by atoms with Crippen molar-refractivity contribution in [2.45, 2.75) is 12.7 Å². The topological polar surface area (TPSA) is 55.4 Å². The smallest absolute Gasteiger partial charge is 0.416 e. The maximum atomic E-state index is 12.7. The van der Waals surface area contributed by atoms with Gasteiger partial charge in [0.1, 0.15) is 21.3 Å². The van der Waals surface area contributed by atoms with E-state index in [-0.39, 0.29) is 11.5 Å². The molecule has 8 heteroatoms. The summed E-state index contributed by atoms with van der Waals surface area (Å²) in [6.45, 7) is 0.743. The van der Waals surface area contributed by atoms with E-state index in [9.17, 15) is 21.6 Å². The minimum Gasteiger partial charge on any atom is -0.457 e. The van der Waals surface area contributed by atoms with E-state index in [1.807, 2.05) is 6.07 Å². The lowest BCUT2D eigenvalue weighted by molar-refractivity contribution is -0.137. The van der Waals surface area contributed by atoms with E-state index in [2.05, 4.69) is 5.32 Å². The Balaban J connectivity index is 2.00. The fourth-order valence-corrected chi connectivity index (χ4v) is 2.60. The van der Waals surface area contributed by atoms with Crippen LogP contribution in [0.4, 0.5) is 13.2 Å². The van der Waals surface area contributed by atoms with Crippen LogP contribution in [0.3, 0.4) is 0 Å². The summed E-state index contributed by atoms with van der Waals surface area (Å²) in [6.07, 6.45) is -3.26. The minimum atomic E-state index is -4.43. The van der Waals surface area contributed by atoms with Crippen LogP contribution in [0, 0.1) is 0 Å². The van der Waals surface area contributed by atoms with E-state index in [0.717, 1.165) is 24.0 Å². The monoisotopic (exact) mass is 373 g/mol. The summed E-state index contributed by atoms with van der Waals surface area (Å²) in [5.41, 5.74) is 0.0570. The van der Waals surface area contributed by atoms with Gasteiger partial charge in [-0.05, 0) is 35.9 Å². The van der Waals surface area contributed by atoms with Gasteiger partial charge in [0.05, 0.1) is 11.3 Å². The van der Waals surface area contributed by atoms with Crippen LogP contribution in [0.5, 0.6) is 11.5 Å². The summed E-state index contributed by atoms with van der Waals surface area (Å²) in [5, 5.41) is 2.99. The van der Waals surface area contributed by atoms with Crippen LogP contribution in [-0.4, -0.2) is 27.0 Å². The molecule has 0 fully saturated rings. The first-order valence-electron chi connectivity index (χ1n) is 7.46. The van der Waals surface area contributed by atoms with Crippen LogP contribution in [0.25, 0.3) is 0 Å². The van der Waals surface area contributed by atoms with Gasteiger partial charge in [0.15, 0.2) is 0 Å². The highest BCUT2D eigenvalue weighted by molar-refractivity contribution is 7.90. The van der Waals surface area contributed by atoms with Crippen molar-refractivity contribution in [1.29, 1.82) is 0 Å². The third-order valence-electron chi connectivity index (χ3n) is 3.27. The largest absolute Gasteiger partial charge is 0.457 e. The van der Waals surface area contributed by atoms with Gasteiger partial charge in [-0.2, -0.15) is 13.2 Å². The molecule has 0 radical (unpaired) electrons. The lowest BCUT2D eigenvalue weighted by Crippen LogP contribution is -2.21. The molecule has 0 unspecified atom stereocenters. The molecule has 0 atom stereocenters. The highest BCUT2D eigenvalue weighted by Gasteiger charge is 2.30. The fourth-order valence-electron chi connectivity index (χ4n) is 2.08. The van der Waals surface area contributed by atoms with Crippen molar-refractivity contribution in [2.24, 2.45) is 0 Å². The second kappa shape index (κ2) is 7.88. The molecule has 2 rings (SSSR count). The highest BCUT2D eigenvalue weighted by Crippen LogP contribution is 2.32. The Morgan fingerprint density at radius 3 is 2.32 bits per heavy atom.